The maximum atomic E-state index is 13.7. The molecule has 1 atom stereocenters. The van der Waals surface area contributed by atoms with Gasteiger partial charge in [-0.2, -0.15) is 13.2 Å². The molecule has 3 rings (SSSR count). The Morgan fingerprint density at radius 2 is 1.42 bits per heavy atom. The van der Waals surface area contributed by atoms with Crippen LogP contribution < -0.4 is 14.4 Å². The number of ether oxygens (including phenoxy) is 3. The Morgan fingerprint density at radius 3 is 1.94 bits per heavy atom. The number of carbonyl (C=O) groups excluding carboxylic acids is 1. The third-order valence-electron chi connectivity index (χ3n) is 5.12. The summed E-state index contributed by atoms with van der Waals surface area (Å²) in [7, 11) is 4.25. The van der Waals surface area contributed by atoms with Crippen molar-refractivity contribution < 1.29 is 32.2 Å². The molecule has 0 aliphatic carbocycles. The summed E-state index contributed by atoms with van der Waals surface area (Å²) in [4.78, 5) is 13.3. The lowest BCUT2D eigenvalue weighted by molar-refractivity contribution is -0.170. The molecular formula is C25H24F3NO4. The number of carbonyl (C=O) groups is 1. The molecule has 0 aliphatic rings. The average Bonchev–Trinajstić information content (AvgIpc) is 2.83. The van der Waals surface area contributed by atoms with Gasteiger partial charge < -0.3 is 14.2 Å². The fourth-order valence-corrected chi connectivity index (χ4v) is 3.58. The zero-order valence-electron chi connectivity index (χ0n) is 18.4. The second-order valence-electron chi connectivity index (χ2n) is 7.17. The van der Waals surface area contributed by atoms with E-state index in [-0.39, 0.29) is 18.0 Å². The number of hydrogen-bond donors (Lipinski definition) is 0. The second-order valence-corrected chi connectivity index (χ2v) is 7.17. The van der Waals surface area contributed by atoms with Crippen LogP contribution in [0.25, 0.3) is 0 Å². The summed E-state index contributed by atoms with van der Waals surface area (Å²) in [6, 6.07) is 20.4. The first-order valence-corrected chi connectivity index (χ1v) is 10.1. The lowest BCUT2D eigenvalue weighted by atomic mass is 9.97. The number of nitrogens with zero attached hydrogens (tertiary/aromatic N) is 1. The number of hydrogen-bond acceptors (Lipinski definition) is 4. The van der Waals surface area contributed by atoms with Gasteiger partial charge in [-0.3, -0.25) is 9.69 Å². The van der Waals surface area contributed by atoms with Crippen LogP contribution in [0.2, 0.25) is 0 Å². The molecule has 174 valence electrons. The van der Waals surface area contributed by atoms with Crippen molar-refractivity contribution in [1.82, 2.24) is 0 Å². The molecule has 1 amide bonds. The van der Waals surface area contributed by atoms with E-state index in [9.17, 15) is 18.0 Å². The van der Waals surface area contributed by atoms with E-state index in [2.05, 4.69) is 0 Å². The van der Waals surface area contributed by atoms with Gasteiger partial charge in [0.1, 0.15) is 6.10 Å². The van der Waals surface area contributed by atoms with Crippen molar-refractivity contribution in [1.29, 1.82) is 0 Å². The molecule has 1 unspecified atom stereocenters. The monoisotopic (exact) mass is 459 g/mol. The first-order valence-electron chi connectivity index (χ1n) is 10.1. The van der Waals surface area contributed by atoms with Crippen LogP contribution >= 0.6 is 0 Å². The van der Waals surface area contributed by atoms with E-state index < -0.39 is 18.2 Å². The van der Waals surface area contributed by atoms with Gasteiger partial charge in [-0.1, -0.05) is 60.7 Å². The summed E-state index contributed by atoms with van der Waals surface area (Å²) in [5.41, 5.74) is 1.57. The van der Waals surface area contributed by atoms with Crippen LogP contribution in [0.5, 0.6) is 11.5 Å². The van der Waals surface area contributed by atoms with Crippen LogP contribution in [0.1, 0.15) is 22.8 Å². The molecule has 3 aromatic carbocycles. The minimum absolute atomic E-state index is 0.00883. The summed E-state index contributed by atoms with van der Waals surface area (Å²) in [6.45, 7) is -0.299. The number of benzene rings is 3. The molecule has 0 heterocycles. The van der Waals surface area contributed by atoms with E-state index in [1.54, 1.807) is 54.6 Å². The van der Waals surface area contributed by atoms with E-state index in [1.807, 2.05) is 6.07 Å². The predicted molar refractivity (Wildman–Crippen MR) is 119 cm³/mol. The molecule has 0 spiro atoms. The summed E-state index contributed by atoms with van der Waals surface area (Å²) in [5, 5.41) is 0. The highest BCUT2D eigenvalue weighted by Crippen LogP contribution is 2.42. The summed E-state index contributed by atoms with van der Waals surface area (Å²) < 4.78 is 57.4. The van der Waals surface area contributed by atoms with Gasteiger partial charge >= 0.3 is 12.1 Å². The maximum Gasteiger partial charge on any atom is 0.471 e. The van der Waals surface area contributed by atoms with E-state index in [0.29, 0.717) is 27.3 Å². The quantitative estimate of drug-likeness (QED) is 0.444. The smallest absolute Gasteiger partial charge is 0.471 e. The number of amides is 1. The fourth-order valence-electron chi connectivity index (χ4n) is 3.58. The van der Waals surface area contributed by atoms with Crippen molar-refractivity contribution in [2.24, 2.45) is 0 Å². The van der Waals surface area contributed by atoms with Crippen molar-refractivity contribution in [2.45, 2.75) is 18.8 Å². The number of methoxy groups -OCH3 is 3. The maximum absolute atomic E-state index is 13.7. The first-order chi connectivity index (χ1) is 15.8. The Morgan fingerprint density at radius 1 is 0.879 bits per heavy atom. The van der Waals surface area contributed by atoms with Crippen molar-refractivity contribution in [3.63, 3.8) is 0 Å². The van der Waals surface area contributed by atoms with Crippen LogP contribution in [0.3, 0.4) is 0 Å². The van der Waals surface area contributed by atoms with Crippen LogP contribution in [-0.2, 0) is 16.1 Å². The Balaban J connectivity index is 2.25. The normalized spacial score (nSPS) is 12.2. The fraction of sp³-hybridized carbons (Fsp3) is 0.240. The Labute approximate surface area is 190 Å². The van der Waals surface area contributed by atoms with Gasteiger partial charge in [-0.05, 0) is 17.2 Å². The van der Waals surface area contributed by atoms with Crippen LogP contribution in [0, 0.1) is 0 Å². The minimum atomic E-state index is -5.09. The highest BCUT2D eigenvalue weighted by atomic mass is 19.4. The minimum Gasteiger partial charge on any atom is -0.493 e. The van der Waals surface area contributed by atoms with Crippen LogP contribution in [0.15, 0.2) is 72.8 Å². The van der Waals surface area contributed by atoms with Crippen molar-refractivity contribution in [2.75, 3.05) is 26.2 Å². The van der Waals surface area contributed by atoms with E-state index in [4.69, 9.17) is 14.2 Å². The first kappa shape index (κ1) is 24.1. The Hall–Kier alpha value is -3.52. The number of rotatable bonds is 8. The molecule has 3 aromatic rings. The molecule has 0 fully saturated rings. The summed E-state index contributed by atoms with van der Waals surface area (Å²) in [5.74, 6) is -1.51. The molecular weight excluding hydrogens is 435 g/mol. The highest BCUT2D eigenvalue weighted by molar-refractivity contribution is 5.98. The lowest BCUT2D eigenvalue weighted by Gasteiger charge is -2.30. The molecule has 0 saturated heterocycles. The molecule has 0 N–H and O–H groups in total. The third kappa shape index (κ3) is 5.46. The molecule has 5 nitrogen and oxygen atoms in total. The SMILES string of the molecule is COc1cc(C(OC)c2ccccc2)c(N(Cc2ccccc2)C(=O)C(F)(F)F)cc1OC. The van der Waals surface area contributed by atoms with Gasteiger partial charge in [0.05, 0.1) is 26.5 Å². The Bertz CT molecular complexity index is 1070. The van der Waals surface area contributed by atoms with Gasteiger partial charge in [0, 0.05) is 18.7 Å². The molecule has 0 radical (unpaired) electrons. The number of halogens is 3. The van der Waals surface area contributed by atoms with Gasteiger partial charge in [-0.25, -0.2) is 0 Å². The van der Waals surface area contributed by atoms with Crippen molar-refractivity contribution in [3.8, 4) is 11.5 Å². The molecule has 0 aliphatic heterocycles. The van der Waals surface area contributed by atoms with Gasteiger partial charge in [0.2, 0.25) is 0 Å². The lowest BCUT2D eigenvalue weighted by Crippen LogP contribution is -2.41. The van der Waals surface area contributed by atoms with Gasteiger partial charge in [0.15, 0.2) is 11.5 Å². The number of alkyl halides is 3. The Kier molecular flexibility index (Phi) is 7.60. The largest absolute Gasteiger partial charge is 0.493 e. The van der Waals surface area contributed by atoms with E-state index in [1.165, 1.54) is 33.5 Å². The summed E-state index contributed by atoms with van der Waals surface area (Å²) >= 11 is 0. The van der Waals surface area contributed by atoms with Crippen molar-refractivity contribution in [3.05, 3.63) is 89.5 Å². The zero-order valence-corrected chi connectivity index (χ0v) is 18.4. The molecule has 0 aromatic heterocycles. The van der Waals surface area contributed by atoms with Crippen LogP contribution in [-0.4, -0.2) is 33.4 Å². The molecule has 8 heteroatoms. The molecule has 0 bridgehead atoms. The van der Waals surface area contributed by atoms with Crippen LogP contribution in [0.4, 0.5) is 18.9 Å². The summed E-state index contributed by atoms with van der Waals surface area (Å²) in [6.07, 6.45) is -5.85. The van der Waals surface area contributed by atoms with Crippen molar-refractivity contribution >= 4 is 11.6 Å². The second kappa shape index (κ2) is 10.4. The number of anilines is 1. The average molecular weight is 459 g/mol. The molecule has 33 heavy (non-hydrogen) atoms. The zero-order chi connectivity index (χ0) is 24.0. The van der Waals surface area contributed by atoms with Gasteiger partial charge in [-0.15, -0.1) is 0 Å². The third-order valence-corrected chi connectivity index (χ3v) is 5.12. The van der Waals surface area contributed by atoms with E-state index >= 15 is 0 Å². The molecule has 0 saturated carbocycles. The predicted octanol–water partition coefficient (Wildman–Crippen LogP) is 5.54. The topological polar surface area (TPSA) is 48.0 Å². The van der Waals surface area contributed by atoms with Gasteiger partial charge in [0.25, 0.3) is 0 Å². The highest BCUT2D eigenvalue weighted by Gasteiger charge is 2.44. The standard InChI is InChI=1S/C25H24F3NO4/c1-31-21-14-19(23(33-3)18-12-8-5-9-13-18)20(15-22(21)32-2)29(24(30)25(26,27)28)16-17-10-6-4-7-11-17/h4-15,23H,16H2,1-3H3. The van der Waals surface area contributed by atoms with E-state index in [0.717, 1.165) is 0 Å².